The minimum absolute atomic E-state index is 0.108. The minimum Gasteiger partial charge on any atom is -0.490 e. The molecule has 0 unspecified atom stereocenters. The van der Waals surface area contributed by atoms with Crippen LogP contribution in [0.5, 0.6) is 11.5 Å². The Bertz CT molecular complexity index is 1680. The largest absolute Gasteiger partial charge is 0.490 e. The lowest BCUT2D eigenvalue weighted by Gasteiger charge is -2.18. The van der Waals surface area contributed by atoms with Gasteiger partial charge in [-0.15, -0.1) is 0 Å². The molecule has 1 atom stereocenters. The van der Waals surface area contributed by atoms with Crippen molar-refractivity contribution in [2.75, 3.05) is 18.5 Å². The molecule has 0 spiro atoms. The summed E-state index contributed by atoms with van der Waals surface area (Å²) in [7, 11) is -3.89. The average Bonchev–Trinajstić information content (AvgIpc) is 3.01. The molecule has 0 saturated carbocycles. The van der Waals surface area contributed by atoms with Crippen molar-refractivity contribution < 1.29 is 27.5 Å². The molecule has 4 aromatic rings. The van der Waals surface area contributed by atoms with E-state index in [2.05, 4.69) is 20.6 Å². The van der Waals surface area contributed by atoms with Crippen molar-refractivity contribution in [1.82, 2.24) is 10.1 Å². The third-order valence-electron chi connectivity index (χ3n) is 6.31. The highest BCUT2D eigenvalue weighted by atomic mass is 32.2. The first kappa shape index (κ1) is 31.9. The Morgan fingerprint density at radius 2 is 1.52 bits per heavy atom. The molecule has 0 bridgehead atoms. The number of hydrogen-bond acceptors (Lipinski definition) is 7. The molecule has 3 N–H and O–H groups in total. The summed E-state index contributed by atoms with van der Waals surface area (Å²) in [5.74, 6) is -0.0224. The fourth-order valence-electron chi connectivity index (χ4n) is 4.15. The van der Waals surface area contributed by atoms with Crippen LogP contribution in [0, 0.1) is 6.92 Å². The van der Waals surface area contributed by atoms with Gasteiger partial charge in [-0.25, -0.2) is 18.6 Å². The van der Waals surface area contributed by atoms with E-state index < -0.39 is 22.0 Å². The average molecular weight is 615 g/mol. The molecule has 0 aromatic heterocycles. The highest BCUT2D eigenvalue weighted by Gasteiger charge is 2.23. The number of rotatable bonds is 14. The number of aryl methyl sites for hydroxylation is 1. The number of amides is 2. The van der Waals surface area contributed by atoms with Gasteiger partial charge in [-0.3, -0.25) is 9.59 Å². The first-order chi connectivity index (χ1) is 21.2. The van der Waals surface area contributed by atoms with Crippen LogP contribution < -0.4 is 24.9 Å². The Morgan fingerprint density at radius 1 is 0.841 bits per heavy atom. The molecule has 44 heavy (non-hydrogen) atoms. The highest BCUT2D eigenvalue weighted by Crippen LogP contribution is 2.28. The normalized spacial score (nSPS) is 12.0. The highest BCUT2D eigenvalue weighted by molar-refractivity contribution is 7.89. The zero-order chi connectivity index (χ0) is 31.4. The van der Waals surface area contributed by atoms with Gasteiger partial charge >= 0.3 is 0 Å². The first-order valence-corrected chi connectivity index (χ1v) is 15.4. The number of hydrazone groups is 1. The van der Waals surface area contributed by atoms with Gasteiger partial charge in [-0.05, 0) is 67.4 Å². The summed E-state index contributed by atoms with van der Waals surface area (Å²) in [6.45, 7) is 3.84. The van der Waals surface area contributed by atoms with E-state index in [1.807, 2.05) is 38.1 Å². The fourth-order valence-corrected chi connectivity index (χ4v) is 5.37. The lowest BCUT2D eigenvalue weighted by Crippen LogP contribution is -2.32. The molecule has 11 heteroatoms. The van der Waals surface area contributed by atoms with Gasteiger partial charge in [0.15, 0.2) is 18.1 Å². The van der Waals surface area contributed by atoms with E-state index in [1.54, 1.807) is 66.7 Å². The zero-order valence-corrected chi connectivity index (χ0v) is 25.2. The van der Waals surface area contributed by atoms with Gasteiger partial charge in [0.2, 0.25) is 15.9 Å². The van der Waals surface area contributed by atoms with Crippen LogP contribution in [0.4, 0.5) is 5.69 Å². The predicted octanol–water partition coefficient (Wildman–Crippen LogP) is 4.97. The number of para-hydroxylation sites is 1. The van der Waals surface area contributed by atoms with E-state index >= 15 is 0 Å². The summed E-state index contributed by atoms with van der Waals surface area (Å²) in [5.41, 5.74) is 5.30. The second kappa shape index (κ2) is 15.5. The van der Waals surface area contributed by atoms with Crippen LogP contribution in [-0.2, 0) is 19.6 Å². The molecule has 10 nitrogen and oxygen atoms in total. The molecule has 228 valence electrons. The maximum absolute atomic E-state index is 13.1. The molecular formula is C33H34N4O6S. The van der Waals surface area contributed by atoms with Crippen molar-refractivity contribution in [1.29, 1.82) is 0 Å². The van der Waals surface area contributed by atoms with Crippen molar-refractivity contribution >= 4 is 33.7 Å². The van der Waals surface area contributed by atoms with Crippen LogP contribution in [0.1, 0.15) is 36.1 Å². The maximum Gasteiger partial charge on any atom is 0.262 e. The first-order valence-electron chi connectivity index (χ1n) is 13.9. The molecule has 0 aliphatic heterocycles. The SMILES string of the molecule is CCOc1cc(/C=N\NC(=O)C[C@@H](NS(=O)(=O)c2ccc(C)cc2)c2ccccc2)ccc1OCC(=O)Nc1ccccc1. The van der Waals surface area contributed by atoms with Gasteiger partial charge in [-0.1, -0.05) is 66.2 Å². The van der Waals surface area contributed by atoms with Crippen LogP contribution in [0.15, 0.2) is 113 Å². The molecule has 0 aliphatic rings. The van der Waals surface area contributed by atoms with Crippen molar-refractivity contribution in [3.63, 3.8) is 0 Å². The summed E-state index contributed by atoms with van der Waals surface area (Å²) < 4.78 is 40.1. The third-order valence-corrected chi connectivity index (χ3v) is 7.79. The Labute approximate surface area is 257 Å². The molecule has 0 fully saturated rings. The Hall–Kier alpha value is -5.00. The van der Waals surface area contributed by atoms with Crippen LogP contribution in [0.25, 0.3) is 0 Å². The lowest BCUT2D eigenvalue weighted by molar-refractivity contribution is -0.121. The van der Waals surface area contributed by atoms with Gasteiger partial charge in [0.05, 0.1) is 23.8 Å². The van der Waals surface area contributed by atoms with Gasteiger partial charge in [0.25, 0.3) is 5.91 Å². The van der Waals surface area contributed by atoms with E-state index in [9.17, 15) is 18.0 Å². The molecule has 0 radical (unpaired) electrons. The number of carbonyl (C=O) groups is 2. The second-order valence-electron chi connectivity index (χ2n) is 9.74. The van der Waals surface area contributed by atoms with E-state index in [0.717, 1.165) is 5.56 Å². The van der Waals surface area contributed by atoms with Crippen molar-refractivity contribution in [3.05, 3.63) is 120 Å². The van der Waals surface area contributed by atoms with Gasteiger partial charge in [-0.2, -0.15) is 5.10 Å². The van der Waals surface area contributed by atoms with Gasteiger partial charge < -0.3 is 14.8 Å². The molecule has 0 saturated heterocycles. The Kier molecular flexibility index (Phi) is 11.2. The molecule has 0 aliphatic carbocycles. The lowest BCUT2D eigenvalue weighted by atomic mass is 10.0. The van der Waals surface area contributed by atoms with Crippen LogP contribution >= 0.6 is 0 Å². The fraction of sp³-hybridized carbons (Fsp3) is 0.182. The van der Waals surface area contributed by atoms with E-state index in [-0.39, 0.29) is 23.8 Å². The van der Waals surface area contributed by atoms with E-state index in [1.165, 1.54) is 18.3 Å². The summed E-state index contributed by atoms with van der Waals surface area (Å²) in [4.78, 5) is 25.2. The molecule has 2 amide bonds. The summed E-state index contributed by atoms with van der Waals surface area (Å²) in [6.07, 6.45) is 1.24. The van der Waals surface area contributed by atoms with Crippen LogP contribution in [0.3, 0.4) is 0 Å². The van der Waals surface area contributed by atoms with E-state index in [4.69, 9.17) is 9.47 Å². The Balaban J connectivity index is 1.38. The standard InChI is InChI=1S/C33H34N4O6S/c1-3-42-31-20-25(16-19-30(31)43-23-33(39)35-27-12-8-5-9-13-27)22-34-36-32(38)21-29(26-10-6-4-7-11-26)37-44(40,41)28-17-14-24(2)15-18-28/h4-20,22,29,37H,3,21,23H2,1-2H3,(H,35,39)(H,36,38)/b34-22-/t29-/m1/s1. The zero-order valence-electron chi connectivity index (χ0n) is 24.4. The van der Waals surface area contributed by atoms with Crippen LogP contribution in [0.2, 0.25) is 0 Å². The second-order valence-corrected chi connectivity index (χ2v) is 11.5. The number of nitrogens with one attached hydrogen (secondary N) is 3. The van der Waals surface area contributed by atoms with Crippen molar-refractivity contribution in [3.8, 4) is 11.5 Å². The summed E-state index contributed by atoms with van der Waals surface area (Å²) >= 11 is 0. The molecule has 4 aromatic carbocycles. The molecular weight excluding hydrogens is 580 g/mol. The number of hydrogen-bond donors (Lipinski definition) is 3. The quantitative estimate of drug-likeness (QED) is 0.136. The maximum atomic E-state index is 13.1. The number of benzene rings is 4. The Morgan fingerprint density at radius 3 is 2.20 bits per heavy atom. The molecule has 4 rings (SSSR count). The van der Waals surface area contributed by atoms with E-state index in [0.29, 0.717) is 34.9 Å². The minimum atomic E-state index is -3.89. The number of nitrogens with zero attached hydrogens (tertiary/aromatic N) is 1. The number of sulfonamides is 1. The molecule has 0 heterocycles. The predicted molar refractivity (Wildman–Crippen MR) is 169 cm³/mol. The number of anilines is 1. The summed E-state index contributed by atoms with van der Waals surface area (Å²) in [5, 5.41) is 6.80. The smallest absolute Gasteiger partial charge is 0.262 e. The van der Waals surface area contributed by atoms with Crippen molar-refractivity contribution in [2.45, 2.75) is 31.2 Å². The monoisotopic (exact) mass is 614 g/mol. The number of carbonyl (C=O) groups excluding carboxylic acids is 2. The third kappa shape index (κ3) is 9.51. The van der Waals surface area contributed by atoms with Gasteiger partial charge in [0, 0.05) is 12.1 Å². The number of ether oxygens (including phenoxy) is 2. The van der Waals surface area contributed by atoms with Crippen molar-refractivity contribution in [2.24, 2.45) is 5.10 Å². The van der Waals surface area contributed by atoms with Crippen LogP contribution in [-0.4, -0.2) is 39.7 Å². The summed E-state index contributed by atoms with van der Waals surface area (Å²) in [6, 6.07) is 28.6. The topological polar surface area (TPSA) is 135 Å². The van der Waals surface area contributed by atoms with Gasteiger partial charge in [0.1, 0.15) is 0 Å².